The lowest BCUT2D eigenvalue weighted by Gasteiger charge is -2.21. The van der Waals surface area contributed by atoms with E-state index < -0.39 is 11.7 Å². The highest BCUT2D eigenvalue weighted by molar-refractivity contribution is 7.80. The molecule has 4 rings (SSSR count). The molecule has 2 N–H and O–H groups in total. The Bertz CT molecular complexity index is 1260. The molecule has 1 aliphatic rings. The molecule has 0 amide bonds. The molecular weight excluding hydrogens is 475 g/mol. The highest BCUT2D eigenvalue weighted by Crippen LogP contribution is 2.38. The quantitative estimate of drug-likeness (QED) is 0.462. The van der Waals surface area contributed by atoms with Crippen molar-refractivity contribution in [3.63, 3.8) is 0 Å². The Balaban J connectivity index is 1.63. The van der Waals surface area contributed by atoms with Crippen molar-refractivity contribution in [2.45, 2.75) is 19.5 Å². The number of aromatic nitrogens is 3. The molecule has 0 bridgehead atoms. The van der Waals surface area contributed by atoms with E-state index in [0.717, 1.165) is 48.0 Å². The zero-order valence-corrected chi connectivity index (χ0v) is 20.7. The Morgan fingerprint density at radius 3 is 2.54 bits per heavy atom. The number of anilines is 4. The average Bonchev–Trinajstić information content (AvgIpc) is 2.92. The molecule has 7 nitrogen and oxygen atoms in total. The molecule has 0 atom stereocenters. The van der Waals surface area contributed by atoms with Gasteiger partial charge in [-0.2, -0.15) is 13.2 Å². The molecule has 1 aromatic carbocycles. The Hall–Kier alpha value is -3.31. The molecule has 0 saturated heterocycles. The SMILES string of the molecule is Cc1nc(N(C)CCN(C)C)ccc1Nc1ncc2c(n1)-c1ccc(C(F)(F)F)cc1NC(=S)C2. The zero-order valence-electron chi connectivity index (χ0n) is 19.9. The van der Waals surface area contributed by atoms with E-state index in [2.05, 4.69) is 35.4 Å². The minimum Gasteiger partial charge on any atom is -0.358 e. The van der Waals surface area contributed by atoms with Crippen LogP contribution in [-0.2, 0) is 12.6 Å². The minimum absolute atomic E-state index is 0.274. The van der Waals surface area contributed by atoms with Gasteiger partial charge in [0, 0.05) is 49.6 Å². The van der Waals surface area contributed by atoms with Gasteiger partial charge < -0.3 is 20.4 Å². The molecule has 184 valence electrons. The van der Waals surface area contributed by atoms with Crippen LogP contribution in [0.25, 0.3) is 11.3 Å². The van der Waals surface area contributed by atoms with Gasteiger partial charge in [-0.05, 0) is 45.3 Å². The number of nitrogens with zero attached hydrogens (tertiary/aromatic N) is 5. The lowest BCUT2D eigenvalue weighted by Crippen LogP contribution is -2.29. The summed E-state index contributed by atoms with van der Waals surface area (Å²) in [5.41, 5.74) is 2.84. The number of hydrogen-bond donors (Lipinski definition) is 2. The molecule has 0 radical (unpaired) electrons. The van der Waals surface area contributed by atoms with Gasteiger partial charge in [0.25, 0.3) is 0 Å². The van der Waals surface area contributed by atoms with E-state index in [1.54, 1.807) is 6.20 Å². The minimum atomic E-state index is -4.46. The van der Waals surface area contributed by atoms with Crippen LogP contribution in [0.5, 0.6) is 0 Å². The average molecular weight is 502 g/mol. The highest BCUT2D eigenvalue weighted by Gasteiger charge is 2.32. The van der Waals surface area contributed by atoms with Crippen LogP contribution in [0.3, 0.4) is 0 Å². The summed E-state index contributed by atoms with van der Waals surface area (Å²) in [6, 6.07) is 7.36. The van der Waals surface area contributed by atoms with Crippen molar-refractivity contribution < 1.29 is 13.2 Å². The van der Waals surface area contributed by atoms with Crippen molar-refractivity contribution in [3.05, 3.63) is 53.3 Å². The molecular formula is C24H26F3N7S. The van der Waals surface area contributed by atoms with Crippen molar-refractivity contribution in [1.82, 2.24) is 19.9 Å². The summed E-state index contributed by atoms with van der Waals surface area (Å²) in [6.45, 7) is 3.64. The molecule has 0 saturated carbocycles. The fourth-order valence-corrected chi connectivity index (χ4v) is 3.97. The summed E-state index contributed by atoms with van der Waals surface area (Å²) in [5, 5.41) is 6.11. The maximum atomic E-state index is 13.2. The van der Waals surface area contributed by atoms with Gasteiger partial charge in [0.15, 0.2) is 0 Å². The lowest BCUT2D eigenvalue weighted by atomic mass is 10.0. The second-order valence-electron chi connectivity index (χ2n) is 8.70. The zero-order chi connectivity index (χ0) is 25.3. The van der Waals surface area contributed by atoms with Crippen LogP contribution in [0.1, 0.15) is 16.8 Å². The van der Waals surface area contributed by atoms with Crippen LogP contribution >= 0.6 is 12.2 Å². The fourth-order valence-electron chi connectivity index (χ4n) is 3.70. The third-order valence-electron chi connectivity index (χ3n) is 5.68. The number of pyridine rings is 1. The van der Waals surface area contributed by atoms with Crippen LogP contribution in [0, 0.1) is 6.92 Å². The van der Waals surface area contributed by atoms with Gasteiger partial charge in [-0.15, -0.1) is 0 Å². The van der Waals surface area contributed by atoms with Crippen LogP contribution in [-0.4, -0.2) is 59.1 Å². The monoisotopic (exact) mass is 501 g/mol. The van der Waals surface area contributed by atoms with Crippen molar-refractivity contribution in [1.29, 1.82) is 0 Å². The van der Waals surface area contributed by atoms with E-state index in [9.17, 15) is 13.2 Å². The van der Waals surface area contributed by atoms with E-state index in [1.165, 1.54) is 6.07 Å². The van der Waals surface area contributed by atoms with E-state index in [4.69, 9.17) is 12.2 Å². The number of likely N-dealkylation sites (N-methyl/N-ethyl adjacent to an activating group) is 2. The number of hydrogen-bond acceptors (Lipinski definition) is 7. The number of alkyl halides is 3. The van der Waals surface area contributed by atoms with Gasteiger partial charge in [0.1, 0.15) is 5.82 Å². The molecule has 2 aromatic heterocycles. The molecule has 0 spiro atoms. The molecule has 11 heteroatoms. The van der Waals surface area contributed by atoms with Crippen molar-refractivity contribution >= 4 is 40.3 Å². The Morgan fingerprint density at radius 1 is 1.09 bits per heavy atom. The third kappa shape index (κ3) is 5.68. The van der Waals surface area contributed by atoms with E-state index in [1.807, 2.05) is 40.2 Å². The van der Waals surface area contributed by atoms with Gasteiger partial charge >= 0.3 is 6.18 Å². The van der Waals surface area contributed by atoms with E-state index >= 15 is 0 Å². The Kier molecular flexibility index (Phi) is 6.91. The van der Waals surface area contributed by atoms with Crippen molar-refractivity contribution in [2.24, 2.45) is 0 Å². The summed E-state index contributed by atoms with van der Waals surface area (Å²) >= 11 is 5.32. The number of halogens is 3. The number of nitrogens with one attached hydrogen (secondary N) is 2. The smallest absolute Gasteiger partial charge is 0.358 e. The van der Waals surface area contributed by atoms with Gasteiger partial charge in [-0.1, -0.05) is 18.3 Å². The standard InChI is InChI=1S/C24H26F3N7S/c1-14-18(7-8-20(29-14)34(4)10-9-33(2)3)31-23-28-13-15-11-21(35)30-19-12-16(24(25,26)27)5-6-17(19)22(15)32-23/h5-8,12-13H,9-11H2,1-4H3,(H,30,35)(H,28,31,32). The second-order valence-corrected chi connectivity index (χ2v) is 9.20. The highest BCUT2D eigenvalue weighted by atomic mass is 32.1. The topological polar surface area (TPSA) is 69.2 Å². The molecule has 1 aliphatic heterocycles. The molecule has 3 aromatic rings. The lowest BCUT2D eigenvalue weighted by molar-refractivity contribution is -0.137. The van der Waals surface area contributed by atoms with E-state index in [-0.39, 0.29) is 5.69 Å². The molecule has 0 fully saturated rings. The summed E-state index contributed by atoms with van der Waals surface area (Å²) in [4.78, 5) is 18.3. The Morgan fingerprint density at radius 2 is 1.86 bits per heavy atom. The van der Waals surface area contributed by atoms with Crippen molar-refractivity contribution in [3.8, 4) is 11.3 Å². The van der Waals surface area contributed by atoms with E-state index in [0.29, 0.717) is 28.6 Å². The van der Waals surface area contributed by atoms with Crippen LogP contribution in [0.15, 0.2) is 36.5 Å². The summed E-state index contributed by atoms with van der Waals surface area (Å²) in [6.07, 6.45) is -2.48. The normalized spacial score (nSPS) is 13.1. The number of fused-ring (bicyclic) bond motifs is 3. The summed E-state index contributed by atoms with van der Waals surface area (Å²) in [5.74, 6) is 1.17. The van der Waals surface area contributed by atoms with Gasteiger partial charge in [0.2, 0.25) is 5.95 Å². The number of aryl methyl sites for hydroxylation is 1. The number of rotatable bonds is 6. The molecule has 0 unspecified atom stereocenters. The number of benzene rings is 1. The molecule has 3 heterocycles. The van der Waals surface area contributed by atoms with Crippen LogP contribution in [0.2, 0.25) is 0 Å². The van der Waals surface area contributed by atoms with Crippen molar-refractivity contribution in [2.75, 3.05) is 49.8 Å². The van der Waals surface area contributed by atoms with Gasteiger partial charge in [0.05, 0.1) is 27.6 Å². The number of thiocarbonyl (C=S) groups is 1. The molecule has 35 heavy (non-hydrogen) atoms. The summed E-state index contributed by atoms with van der Waals surface area (Å²) in [7, 11) is 6.04. The van der Waals surface area contributed by atoms with Gasteiger partial charge in [-0.25, -0.2) is 15.0 Å². The van der Waals surface area contributed by atoms with Crippen LogP contribution in [0.4, 0.5) is 36.3 Å². The van der Waals surface area contributed by atoms with Gasteiger partial charge in [-0.3, -0.25) is 0 Å². The predicted molar refractivity (Wildman–Crippen MR) is 136 cm³/mol. The largest absolute Gasteiger partial charge is 0.416 e. The first-order chi connectivity index (χ1) is 16.5. The van der Waals surface area contributed by atoms with Crippen LogP contribution < -0.4 is 15.5 Å². The predicted octanol–water partition coefficient (Wildman–Crippen LogP) is 4.90. The Labute approximate surface area is 207 Å². The first kappa shape index (κ1) is 24.8. The first-order valence-corrected chi connectivity index (χ1v) is 11.4. The molecule has 0 aliphatic carbocycles. The third-order valence-corrected chi connectivity index (χ3v) is 5.93. The second kappa shape index (κ2) is 9.74. The summed E-state index contributed by atoms with van der Waals surface area (Å²) < 4.78 is 39.7. The maximum absolute atomic E-state index is 13.2. The fraction of sp³-hybridized carbons (Fsp3) is 0.333. The maximum Gasteiger partial charge on any atom is 0.416 e. The first-order valence-electron chi connectivity index (χ1n) is 11.0.